The van der Waals surface area contributed by atoms with E-state index in [4.69, 9.17) is 0 Å². The van der Waals surface area contributed by atoms with Crippen molar-refractivity contribution in [1.82, 2.24) is 9.71 Å². The van der Waals surface area contributed by atoms with E-state index in [1.165, 1.54) is 18.3 Å². The van der Waals surface area contributed by atoms with Crippen LogP contribution < -0.4 is 10.3 Å². The van der Waals surface area contributed by atoms with Gasteiger partial charge >= 0.3 is 0 Å². The minimum absolute atomic E-state index is 0.0788. The van der Waals surface area contributed by atoms with Gasteiger partial charge < -0.3 is 4.98 Å². The molecule has 1 aromatic rings. The first kappa shape index (κ1) is 12.9. The first-order chi connectivity index (χ1) is 7.45. The van der Waals surface area contributed by atoms with Crippen LogP contribution in [0.15, 0.2) is 28.0 Å². The SMILES string of the molecule is CCCC(C)NS(=O)(=O)c1ccc(=O)[nH]c1. The van der Waals surface area contributed by atoms with Crippen molar-refractivity contribution < 1.29 is 8.42 Å². The Kier molecular flexibility index (Phi) is 4.26. The summed E-state index contributed by atoms with van der Waals surface area (Å²) < 4.78 is 26.1. The maximum atomic E-state index is 11.8. The van der Waals surface area contributed by atoms with Crippen LogP contribution in [0.3, 0.4) is 0 Å². The van der Waals surface area contributed by atoms with Crippen LogP contribution in [-0.2, 0) is 10.0 Å². The zero-order valence-corrected chi connectivity index (χ0v) is 10.2. The molecule has 0 aliphatic heterocycles. The molecule has 1 heterocycles. The summed E-state index contributed by atoms with van der Waals surface area (Å²) in [5.41, 5.74) is -0.319. The van der Waals surface area contributed by atoms with Gasteiger partial charge in [0.1, 0.15) is 0 Å². The van der Waals surface area contributed by atoms with Crippen molar-refractivity contribution >= 4 is 10.0 Å². The van der Waals surface area contributed by atoms with Gasteiger partial charge in [0.2, 0.25) is 15.6 Å². The lowest BCUT2D eigenvalue weighted by Gasteiger charge is -2.12. The minimum Gasteiger partial charge on any atom is -0.328 e. The van der Waals surface area contributed by atoms with Gasteiger partial charge in [-0.15, -0.1) is 0 Å². The Hall–Kier alpha value is -1.14. The maximum absolute atomic E-state index is 11.8. The molecule has 0 spiro atoms. The smallest absolute Gasteiger partial charge is 0.247 e. The standard InChI is InChI=1S/C10H16N2O3S/c1-3-4-8(2)12-16(14,15)9-5-6-10(13)11-7-9/h5-8,12H,3-4H2,1-2H3,(H,11,13). The van der Waals surface area contributed by atoms with E-state index in [9.17, 15) is 13.2 Å². The summed E-state index contributed by atoms with van der Waals surface area (Å²) in [6.07, 6.45) is 2.89. The molecule has 1 unspecified atom stereocenters. The molecule has 0 amide bonds. The summed E-state index contributed by atoms with van der Waals surface area (Å²) >= 11 is 0. The zero-order valence-electron chi connectivity index (χ0n) is 9.36. The van der Waals surface area contributed by atoms with Crippen LogP contribution in [-0.4, -0.2) is 19.4 Å². The molecule has 0 aliphatic rings. The van der Waals surface area contributed by atoms with E-state index in [0.29, 0.717) is 0 Å². The van der Waals surface area contributed by atoms with Crippen molar-refractivity contribution in [3.63, 3.8) is 0 Å². The van der Waals surface area contributed by atoms with Gasteiger partial charge in [-0.1, -0.05) is 13.3 Å². The lowest BCUT2D eigenvalue weighted by molar-refractivity contribution is 0.543. The van der Waals surface area contributed by atoms with Crippen LogP contribution in [0.1, 0.15) is 26.7 Å². The summed E-state index contributed by atoms with van der Waals surface area (Å²) in [6, 6.07) is 2.38. The monoisotopic (exact) mass is 244 g/mol. The molecule has 1 rings (SSSR count). The van der Waals surface area contributed by atoms with Crippen LogP contribution in [0.5, 0.6) is 0 Å². The third-order valence-electron chi connectivity index (χ3n) is 2.14. The van der Waals surface area contributed by atoms with Crippen LogP contribution in [0.2, 0.25) is 0 Å². The molecule has 0 aromatic carbocycles. The third kappa shape index (κ3) is 3.46. The van der Waals surface area contributed by atoms with E-state index >= 15 is 0 Å². The number of sulfonamides is 1. The Morgan fingerprint density at radius 3 is 2.62 bits per heavy atom. The van der Waals surface area contributed by atoms with E-state index in [0.717, 1.165) is 12.8 Å². The highest BCUT2D eigenvalue weighted by molar-refractivity contribution is 7.89. The van der Waals surface area contributed by atoms with Gasteiger partial charge in [0.05, 0.1) is 4.90 Å². The van der Waals surface area contributed by atoms with Crippen LogP contribution in [0.25, 0.3) is 0 Å². The average molecular weight is 244 g/mol. The fraction of sp³-hybridized carbons (Fsp3) is 0.500. The lowest BCUT2D eigenvalue weighted by Crippen LogP contribution is -2.32. The molecule has 2 N–H and O–H groups in total. The lowest BCUT2D eigenvalue weighted by atomic mass is 10.2. The van der Waals surface area contributed by atoms with Crippen molar-refractivity contribution in [3.05, 3.63) is 28.7 Å². The number of H-pyrrole nitrogens is 1. The maximum Gasteiger partial charge on any atom is 0.247 e. The molecular formula is C10H16N2O3S. The zero-order chi connectivity index (χ0) is 12.2. The molecule has 5 nitrogen and oxygen atoms in total. The van der Waals surface area contributed by atoms with E-state index in [1.54, 1.807) is 0 Å². The number of pyridine rings is 1. The molecular weight excluding hydrogens is 228 g/mol. The van der Waals surface area contributed by atoms with E-state index in [1.807, 2.05) is 13.8 Å². The number of aromatic amines is 1. The van der Waals surface area contributed by atoms with Gasteiger partial charge in [-0.3, -0.25) is 4.79 Å². The summed E-state index contributed by atoms with van der Waals surface area (Å²) in [5, 5.41) is 0. The first-order valence-electron chi connectivity index (χ1n) is 5.17. The third-order valence-corrected chi connectivity index (χ3v) is 3.73. The van der Waals surface area contributed by atoms with Crippen LogP contribution in [0.4, 0.5) is 0 Å². The summed E-state index contributed by atoms with van der Waals surface area (Å²) in [4.78, 5) is 13.2. The largest absolute Gasteiger partial charge is 0.328 e. The van der Waals surface area contributed by atoms with E-state index in [2.05, 4.69) is 9.71 Å². The fourth-order valence-electron chi connectivity index (χ4n) is 1.39. The Morgan fingerprint density at radius 1 is 1.44 bits per heavy atom. The molecule has 0 saturated heterocycles. The highest BCUT2D eigenvalue weighted by Crippen LogP contribution is 2.06. The molecule has 0 fully saturated rings. The van der Waals surface area contributed by atoms with Gasteiger partial charge in [0.25, 0.3) is 0 Å². The van der Waals surface area contributed by atoms with Crippen molar-refractivity contribution in [2.24, 2.45) is 0 Å². The molecule has 1 atom stereocenters. The quantitative estimate of drug-likeness (QED) is 0.805. The molecule has 0 bridgehead atoms. The van der Waals surface area contributed by atoms with E-state index < -0.39 is 10.0 Å². The van der Waals surface area contributed by atoms with Crippen LogP contribution >= 0.6 is 0 Å². The Morgan fingerprint density at radius 2 is 2.12 bits per heavy atom. The van der Waals surface area contributed by atoms with Gasteiger partial charge in [-0.25, -0.2) is 13.1 Å². The van der Waals surface area contributed by atoms with Gasteiger partial charge in [0, 0.05) is 18.3 Å². The van der Waals surface area contributed by atoms with Crippen molar-refractivity contribution in [1.29, 1.82) is 0 Å². The van der Waals surface area contributed by atoms with Gasteiger partial charge in [-0.2, -0.15) is 0 Å². The number of hydrogen-bond donors (Lipinski definition) is 2. The molecule has 90 valence electrons. The summed E-state index contributed by atoms with van der Waals surface area (Å²) in [6.45, 7) is 3.80. The molecule has 0 aliphatic carbocycles. The van der Waals surface area contributed by atoms with Crippen LogP contribution in [0, 0.1) is 0 Å². The Balaban J connectivity index is 2.86. The number of aromatic nitrogens is 1. The van der Waals surface area contributed by atoms with Gasteiger partial charge in [0.15, 0.2) is 0 Å². The minimum atomic E-state index is -3.52. The topological polar surface area (TPSA) is 79.0 Å². The molecule has 6 heteroatoms. The van der Waals surface area contributed by atoms with Gasteiger partial charge in [-0.05, 0) is 19.4 Å². The molecule has 1 aromatic heterocycles. The Labute approximate surface area is 94.9 Å². The first-order valence-corrected chi connectivity index (χ1v) is 6.65. The summed E-state index contributed by atoms with van der Waals surface area (Å²) in [7, 11) is -3.52. The predicted octanol–water partition coefficient (Wildman–Crippen LogP) is 0.842. The second-order valence-electron chi connectivity index (χ2n) is 3.70. The van der Waals surface area contributed by atoms with Crippen molar-refractivity contribution in [3.8, 4) is 0 Å². The predicted molar refractivity (Wildman–Crippen MR) is 61.8 cm³/mol. The average Bonchev–Trinajstić information content (AvgIpc) is 2.17. The Bertz CT molecular complexity index is 473. The molecule has 16 heavy (non-hydrogen) atoms. The summed E-state index contributed by atoms with van der Waals surface area (Å²) in [5.74, 6) is 0. The number of rotatable bonds is 5. The highest BCUT2D eigenvalue weighted by Gasteiger charge is 2.16. The molecule has 0 saturated carbocycles. The fourth-order valence-corrected chi connectivity index (χ4v) is 2.63. The van der Waals surface area contributed by atoms with Crippen molar-refractivity contribution in [2.75, 3.05) is 0 Å². The second-order valence-corrected chi connectivity index (χ2v) is 5.41. The van der Waals surface area contributed by atoms with E-state index in [-0.39, 0.29) is 16.5 Å². The number of hydrogen-bond acceptors (Lipinski definition) is 3. The van der Waals surface area contributed by atoms with Crippen molar-refractivity contribution in [2.45, 2.75) is 37.6 Å². The highest BCUT2D eigenvalue weighted by atomic mass is 32.2. The molecule has 0 radical (unpaired) electrons. The number of nitrogens with one attached hydrogen (secondary N) is 2. The second kappa shape index (κ2) is 5.27. The normalized spacial score (nSPS) is 13.6.